The van der Waals surface area contributed by atoms with Crippen LogP contribution in [0.15, 0.2) is 36.5 Å². The van der Waals surface area contributed by atoms with Gasteiger partial charge in [-0.25, -0.2) is 0 Å². The fraction of sp³-hybridized carbons (Fsp3) is 0.357. The number of hydrogen-bond donors (Lipinski definition) is 0. The Hall–Kier alpha value is -1.65. The second-order valence-electron chi connectivity index (χ2n) is 4.19. The minimum Gasteiger partial charge on any atom is -0.488 e. The van der Waals surface area contributed by atoms with Gasteiger partial charge in [-0.3, -0.25) is 4.98 Å². The second-order valence-corrected chi connectivity index (χ2v) is 4.19. The summed E-state index contributed by atoms with van der Waals surface area (Å²) < 4.78 is 16.5. The molecule has 0 aliphatic carbocycles. The van der Waals surface area contributed by atoms with Crippen molar-refractivity contribution in [1.29, 1.82) is 0 Å². The van der Waals surface area contributed by atoms with Crippen molar-refractivity contribution in [3.63, 3.8) is 0 Å². The Balaban J connectivity index is 1.66. The van der Waals surface area contributed by atoms with Gasteiger partial charge in [-0.15, -0.1) is 0 Å². The third kappa shape index (κ3) is 2.60. The van der Waals surface area contributed by atoms with Gasteiger partial charge in [0, 0.05) is 11.6 Å². The number of benzene rings is 1. The summed E-state index contributed by atoms with van der Waals surface area (Å²) >= 11 is 0. The van der Waals surface area contributed by atoms with Gasteiger partial charge in [0.05, 0.1) is 18.7 Å². The normalized spacial score (nSPS) is 16.9. The molecule has 3 rings (SSSR count). The molecule has 1 aliphatic heterocycles. The number of nitrogens with zero attached hydrogens (tertiary/aromatic N) is 1. The number of fused-ring (bicyclic) bond motifs is 1. The Kier molecular flexibility index (Phi) is 3.39. The molecule has 0 radical (unpaired) electrons. The fourth-order valence-corrected chi connectivity index (χ4v) is 1.94. The van der Waals surface area contributed by atoms with E-state index >= 15 is 0 Å². The first-order chi connectivity index (χ1) is 8.92. The Labute approximate surface area is 105 Å². The topological polar surface area (TPSA) is 40.6 Å². The zero-order chi connectivity index (χ0) is 12.2. The van der Waals surface area contributed by atoms with Crippen LogP contribution in [0.4, 0.5) is 0 Å². The summed E-state index contributed by atoms with van der Waals surface area (Å²) in [6, 6.07) is 9.78. The first kappa shape index (κ1) is 11.4. The quantitative estimate of drug-likeness (QED) is 0.832. The van der Waals surface area contributed by atoms with Crippen molar-refractivity contribution >= 4 is 10.9 Å². The number of pyridine rings is 1. The number of hydrogen-bond acceptors (Lipinski definition) is 4. The molecule has 1 aliphatic rings. The van der Waals surface area contributed by atoms with Crippen molar-refractivity contribution in [2.75, 3.05) is 19.8 Å². The molecule has 0 unspecified atom stereocenters. The third-order valence-corrected chi connectivity index (χ3v) is 2.86. The lowest BCUT2D eigenvalue weighted by Crippen LogP contribution is -2.30. The predicted molar refractivity (Wildman–Crippen MR) is 67.5 cm³/mol. The molecule has 18 heavy (non-hydrogen) atoms. The van der Waals surface area contributed by atoms with Crippen LogP contribution in [0, 0.1) is 0 Å². The lowest BCUT2D eigenvalue weighted by molar-refractivity contribution is -0.191. The summed E-state index contributed by atoms with van der Waals surface area (Å²) in [6.45, 7) is 1.91. The smallest absolute Gasteiger partial charge is 0.191 e. The molecule has 1 aromatic heterocycles. The standard InChI is InChI=1S/C14H15NO3/c1-3-11-9-12(4-5-13(11)15-6-1)18-10-14-16-7-2-8-17-14/h1,3-6,9,14H,2,7-8,10H2. The predicted octanol–water partition coefficient (Wildman–Crippen LogP) is 2.38. The molecule has 1 saturated heterocycles. The lowest BCUT2D eigenvalue weighted by Gasteiger charge is -2.23. The van der Waals surface area contributed by atoms with Crippen LogP contribution < -0.4 is 4.74 Å². The first-order valence-corrected chi connectivity index (χ1v) is 6.12. The molecule has 2 heterocycles. The van der Waals surface area contributed by atoms with E-state index in [1.165, 1.54) is 0 Å². The van der Waals surface area contributed by atoms with E-state index in [0.29, 0.717) is 6.61 Å². The summed E-state index contributed by atoms with van der Waals surface area (Å²) in [5, 5.41) is 1.07. The van der Waals surface area contributed by atoms with Crippen LogP contribution in [0.25, 0.3) is 10.9 Å². The molecule has 4 nitrogen and oxygen atoms in total. The summed E-state index contributed by atoms with van der Waals surface area (Å²) in [7, 11) is 0. The van der Waals surface area contributed by atoms with Gasteiger partial charge in [-0.1, -0.05) is 6.07 Å². The van der Waals surface area contributed by atoms with Crippen LogP contribution in [0.2, 0.25) is 0 Å². The van der Waals surface area contributed by atoms with Crippen molar-refractivity contribution in [3.05, 3.63) is 36.5 Å². The van der Waals surface area contributed by atoms with E-state index in [9.17, 15) is 0 Å². The van der Waals surface area contributed by atoms with Gasteiger partial charge in [0.2, 0.25) is 0 Å². The SMILES string of the molecule is c1cnc2ccc(OCC3OCCCO3)cc2c1. The zero-order valence-electron chi connectivity index (χ0n) is 10.0. The lowest BCUT2D eigenvalue weighted by atomic mass is 10.2. The highest BCUT2D eigenvalue weighted by molar-refractivity contribution is 5.79. The van der Waals surface area contributed by atoms with Gasteiger partial charge in [0.25, 0.3) is 0 Å². The average molecular weight is 245 g/mol. The van der Waals surface area contributed by atoms with Gasteiger partial charge in [0.15, 0.2) is 6.29 Å². The molecule has 2 aromatic rings. The molecule has 0 N–H and O–H groups in total. The minimum atomic E-state index is -0.247. The van der Waals surface area contributed by atoms with Gasteiger partial charge < -0.3 is 14.2 Å². The van der Waals surface area contributed by atoms with E-state index in [1.54, 1.807) is 6.20 Å². The number of aromatic nitrogens is 1. The highest BCUT2D eigenvalue weighted by atomic mass is 16.7. The Morgan fingerprint density at radius 3 is 3.00 bits per heavy atom. The summed E-state index contributed by atoms with van der Waals surface area (Å²) in [4.78, 5) is 4.27. The molecule has 0 amide bonds. The molecule has 0 saturated carbocycles. The van der Waals surface area contributed by atoms with Crippen molar-refractivity contribution in [3.8, 4) is 5.75 Å². The van der Waals surface area contributed by atoms with Gasteiger partial charge >= 0.3 is 0 Å². The van der Waals surface area contributed by atoms with Crippen molar-refractivity contribution in [2.45, 2.75) is 12.7 Å². The number of ether oxygens (including phenoxy) is 3. The van der Waals surface area contributed by atoms with Gasteiger partial charge in [-0.2, -0.15) is 0 Å². The molecule has 0 spiro atoms. The highest BCUT2D eigenvalue weighted by Crippen LogP contribution is 2.19. The van der Waals surface area contributed by atoms with Crippen molar-refractivity contribution in [1.82, 2.24) is 4.98 Å². The van der Waals surface area contributed by atoms with Crippen molar-refractivity contribution < 1.29 is 14.2 Å². The van der Waals surface area contributed by atoms with Crippen LogP contribution in [0.1, 0.15) is 6.42 Å². The molecular formula is C14H15NO3. The first-order valence-electron chi connectivity index (χ1n) is 6.12. The molecule has 94 valence electrons. The van der Waals surface area contributed by atoms with Crippen LogP contribution in [-0.2, 0) is 9.47 Å². The molecule has 1 fully saturated rings. The number of rotatable bonds is 3. The van der Waals surface area contributed by atoms with Crippen LogP contribution >= 0.6 is 0 Å². The van der Waals surface area contributed by atoms with E-state index < -0.39 is 0 Å². The van der Waals surface area contributed by atoms with E-state index in [4.69, 9.17) is 14.2 Å². The zero-order valence-corrected chi connectivity index (χ0v) is 10.0. The molecule has 0 atom stereocenters. The van der Waals surface area contributed by atoms with Crippen LogP contribution in [-0.4, -0.2) is 31.1 Å². The average Bonchev–Trinajstić information content (AvgIpc) is 2.46. The fourth-order valence-electron chi connectivity index (χ4n) is 1.94. The Bertz CT molecular complexity index is 523. The van der Waals surface area contributed by atoms with E-state index in [1.807, 2.05) is 30.3 Å². The van der Waals surface area contributed by atoms with Crippen LogP contribution in [0.3, 0.4) is 0 Å². The van der Waals surface area contributed by atoms with Crippen LogP contribution in [0.5, 0.6) is 5.75 Å². The molecule has 0 bridgehead atoms. The maximum absolute atomic E-state index is 5.68. The largest absolute Gasteiger partial charge is 0.488 e. The highest BCUT2D eigenvalue weighted by Gasteiger charge is 2.14. The van der Waals surface area contributed by atoms with Gasteiger partial charge in [-0.05, 0) is 30.7 Å². The monoisotopic (exact) mass is 245 g/mol. The summed E-state index contributed by atoms with van der Waals surface area (Å²) in [6.07, 6.45) is 2.49. The maximum Gasteiger partial charge on any atom is 0.191 e. The minimum absolute atomic E-state index is 0.247. The third-order valence-electron chi connectivity index (χ3n) is 2.86. The molecule has 1 aromatic carbocycles. The van der Waals surface area contributed by atoms with Gasteiger partial charge in [0.1, 0.15) is 12.4 Å². The summed E-state index contributed by atoms with van der Waals surface area (Å²) in [5.74, 6) is 0.813. The van der Waals surface area contributed by atoms with E-state index in [0.717, 1.165) is 36.3 Å². The summed E-state index contributed by atoms with van der Waals surface area (Å²) in [5.41, 5.74) is 0.968. The Morgan fingerprint density at radius 2 is 2.11 bits per heavy atom. The molecular weight excluding hydrogens is 230 g/mol. The second kappa shape index (κ2) is 5.33. The van der Waals surface area contributed by atoms with E-state index in [-0.39, 0.29) is 6.29 Å². The van der Waals surface area contributed by atoms with E-state index in [2.05, 4.69) is 4.98 Å². The molecule has 4 heteroatoms. The van der Waals surface area contributed by atoms with Crippen molar-refractivity contribution in [2.24, 2.45) is 0 Å². The maximum atomic E-state index is 5.68. The Morgan fingerprint density at radius 1 is 1.22 bits per heavy atom.